The first-order valence-corrected chi connectivity index (χ1v) is 25.8. The average molecular weight is 905 g/mol. The van der Waals surface area contributed by atoms with E-state index in [1.165, 1.54) is 11.0 Å². The summed E-state index contributed by atoms with van der Waals surface area (Å²) in [5.74, 6) is 0.830. The number of hydrogen-bond donors (Lipinski definition) is 5. The smallest absolute Gasteiger partial charge is 0.412 e. The number of nitrogens with zero attached hydrogens (tertiary/aromatic N) is 1. The number of hydrogen-bond acceptors (Lipinski definition) is 8. The number of fused-ring (bicyclic) bond motifs is 1. The fraction of sp³-hybridized carbons (Fsp3) is 0.442. The number of rotatable bonds is 17. The number of pyridine rings is 1. The number of carbonyl (C=O) groups excluding carboxylic acids is 1. The van der Waals surface area contributed by atoms with E-state index in [1.54, 1.807) is 12.1 Å². The molecule has 5 aromatic rings. The van der Waals surface area contributed by atoms with Gasteiger partial charge in [-0.25, -0.2) is 9.59 Å². The van der Waals surface area contributed by atoms with Gasteiger partial charge in [-0.05, 0) is 143 Å². The maximum absolute atomic E-state index is 12.9. The van der Waals surface area contributed by atoms with E-state index in [2.05, 4.69) is 67.7 Å². The number of amides is 2. The Morgan fingerprint density at radius 3 is 2.22 bits per heavy atom. The number of ether oxygens (including phenoxy) is 2. The van der Waals surface area contributed by atoms with Gasteiger partial charge in [0, 0.05) is 42.2 Å². The summed E-state index contributed by atoms with van der Waals surface area (Å²) in [6.07, 6.45) is 3.42. The van der Waals surface area contributed by atoms with Crippen LogP contribution in [0.1, 0.15) is 103 Å². The lowest BCUT2D eigenvalue weighted by atomic mass is 9.89. The summed E-state index contributed by atoms with van der Waals surface area (Å²) >= 11 is 0. The molecule has 1 fully saturated rings. The van der Waals surface area contributed by atoms with Crippen molar-refractivity contribution in [2.45, 2.75) is 135 Å². The van der Waals surface area contributed by atoms with Crippen molar-refractivity contribution in [2.75, 3.05) is 18.1 Å². The molecule has 4 aromatic carbocycles. The molecule has 5 N–H and O–H groups in total. The van der Waals surface area contributed by atoms with Crippen molar-refractivity contribution >= 4 is 37.1 Å². The largest absolute Gasteiger partial charge is 0.506 e. The van der Waals surface area contributed by atoms with Crippen LogP contribution in [0.25, 0.3) is 22.0 Å². The van der Waals surface area contributed by atoms with Crippen LogP contribution >= 0.6 is 0 Å². The number of carbonyl (C=O) groups is 2. The Balaban J connectivity index is 1.02. The predicted octanol–water partition coefficient (Wildman–Crippen LogP) is 11.5. The number of aryl methyl sites for hydroxylation is 1. The van der Waals surface area contributed by atoms with Crippen LogP contribution in [0.2, 0.25) is 18.1 Å². The highest BCUT2D eigenvalue weighted by Crippen LogP contribution is 2.41. The van der Waals surface area contributed by atoms with Gasteiger partial charge in [-0.2, -0.15) is 0 Å². The van der Waals surface area contributed by atoms with Gasteiger partial charge in [-0.1, -0.05) is 75.4 Å². The van der Waals surface area contributed by atoms with Crippen LogP contribution in [-0.2, 0) is 22.1 Å². The van der Waals surface area contributed by atoms with Gasteiger partial charge in [0.25, 0.3) is 0 Å². The Kier molecular flexibility index (Phi) is 15.9. The molecule has 0 bridgehead atoms. The number of unbranched alkanes of at least 4 members (excludes halogenated alkanes) is 1. The molecular weight excluding hydrogens is 837 g/mol. The number of aromatic amines is 1. The van der Waals surface area contributed by atoms with Crippen molar-refractivity contribution in [3.05, 3.63) is 124 Å². The van der Waals surface area contributed by atoms with E-state index in [0.717, 1.165) is 58.2 Å². The lowest BCUT2D eigenvalue weighted by Gasteiger charge is -2.39. The number of aromatic nitrogens is 1. The summed E-state index contributed by atoms with van der Waals surface area (Å²) in [6.45, 7) is 18.3. The number of phenolic OH excluding ortho intramolecular Hbond substituents is 1. The van der Waals surface area contributed by atoms with Crippen LogP contribution in [-0.4, -0.2) is 66.5 Å². The Morgan fingerprint density at radius 1 is 0.862 bits per heavy atom. The third-order valence-corrected chi connectivity index (χ3v) is 17.1. The molecule has 0 saturated heterocycles. The number of alkyl carbamates (subject to hydrolysis) is 1. The SMILES string of the molecule is CC(C)(C)OC(=O)NC1CCC(N(C(=O)O)c2ccc(CCCCOc3ccc(CNC[C@@H](O[Si](C)(C)C(C)(C)C)c4ccc(O)c5[nH]c(=O)ccc45)cc3)cc2-c2ccccc2)CC1. The predicted molar refractivity (Wildman–Crippen MR) is 262 cm³/mol. The summed E-state index contributed by atoms with van der Waals surface area (Å²) < 4.78 is 18.5. The van der Waals surface area contributed by atoms with Crippen LogP contribution in [0.15, 0.2) is 102 Å². The zero-order chi connectivity index (χ0) is 46.9. The molecule has 0 unspecified atom stereocenters. The molecule has 1 heterocycles. The number of phenols is 1. The van der Waals surface area contributed by atoms with Crippen molar-refractivity contribution in [2.24, 2.45) is 0 Å². The van der Waals surface area contributed by atoms with E-state index < -0.39 is 26.1 Å². The maximum Gasteiger partial charge on any atom is 0.412 e. The average Bonchev–Trinajstić information content (AvgIpc) is 3.24. The summed E-state index contributed by atoms with van der Waals surface area (Å²) in [6, 6.07) is 30.6. The van der Waals surface area contributed by atoms with E-state index in [0.29, 0.717) is 56.6 Å². The van der Waals surface area contributed by atoms with Crippen molar-refractivity contribution in [1.82, 2.24) is 15.6 Å². The number of carboxylic acid groups (broad SMARTS) is 1. The van der Waals surface area contributed by atoms with Crippen molar-refractivity contribution in [3.8, 4) is 22.6 Å². The Morgan fingerprint density at radius 2 is 1.55 bits per heavy atom. The molecule has 13 heteroatoms. The highest BCUT2D eigenvalue weighted by atomic mass is 28.4. The number of benzene rings is 4. The summed E-state index contributed by atoms with van der Waals surface area (Å²) in [4.78, 5) is 41.7. The number of H-pyrrole nitrogens is 1. The monoisotopic (exact) mass is 904 g/mol. The molecular formula is C52H68N4O8Si. The number of nitrogens with one attached hydrogen (secondary N) is 3. The van der Waals surface area contributed by atoms with Gasteiger partial charge in [0.15, 0.2) is 8.32 Å². The van der Waals surface area contributed by atoms with Crippen molar-refractivity contribution < 1.29 is 33.7 Å². The van der Waals surface area contributed by atoms with E-state index in [-0.39, 0.29) is 34.5 Å². The van der Waals surface area contributed by atoms with Gasteiger partial charge in [-0.15, -0.1) is 0 Å². The first kappa shape index (κ1) is 48.8. The minimum absolute atomic E-state index is 0.0154. The van der Waals surface area contributed by atoms with Crippen LogP contribution in [0.4, 0.5) is 15.3 Å². The van der Waals surface area contributed by atoms with E-state index >= 15 is 0 Å². The molecule has 0 radical (unpaired) electrons. The Labute approximate surface area is 384 Å². The Bertz CT molecular complexity index is 2430. The zero-order valence-corrected chi connectivity index (χ0v) is 40.3. The van der Waals surface area contributed by atoms with Crippen LogP contribution in [0.3, 0.4) is 0 Å². The molecule has 1 saturated carbocycles. The zero-order valence-electron chi connectivity index (χ0n) is 39.3. The molecule has 12 nitrogen and oxygen atoms in total. The second kappa shape index (κ2) is 21.1. The second-order valence-corrected chi connectivity index (χ2v) is 24.5. The number of aromatic hydroxyl groups is 1. The maximum atomic E-state index is 12.9. The van der Waals surface area contributed by atoms with E-state index in [1.807, 2.05) is 81.4 Å². The normalized spacial score (nSPS) is 16.2. The van der Waals surface area contributed by atoms with Gasteiger partial charge in [0.05, 0.1) is 23.9 Å². The van der Waals surface area contributed by atoms with Crippen LogP contribution in [0.5, 0.6) is 11.5 Å². The third-order valence-electron chi connectivity index (χ3n) is 12.6. The second-order valence-electron chi connectivity index (χ2n) is 19.8. The van der Waals surface area contributed by atoms with Gasteiger partial charge in [0.2, 0.25) is 5.56 Å². The third kappa shape index (κ3) is 13.2. The van der Waals surface area contributed by atoms with Gasteiger partial charge in [0.1, 0.15) is 17.1 Å². The molecule has 0 spiro atoms. The van der Waals surface area contributed by atoms with Gasteiger partial charge < -0.3 is 39.7 Å². The van der Waals surface area contributed by atoms with Crippen molar-refractivity contribution in [1.29, 1.82) is 0 Å². The molecule has 1 aromatic heterocycles. The highest BCUT2D eigenvalue weighted by Gasteiger charge is 2.40. The molecule has 348 valence electrons. The fourth-order valence-electron chi connectivity index (χ4n) is 8.17. The number of anilines is 1. The molecule has 2 amide bonds. The summed E-state index contributed by atoms with van der Waals surface area (Å²) in [5, 5.41) is 28.4. The van der Waals surface area contributed by atoms with E-state index in [4.69, 9.17) is 13.9 Å². The minimum atomic E-state index is -2.21. The summed E-state index contributed by atoms with van der Waals surface area (Å²) in [5.41, 5.74) is 5.21. The van der Waals surface area contributed by atoms with Crippen LogP contribution < -0.4 is 25.8 Å². The van der Waals surface area contributed by atoms with Gasteiger partial charge >= 0.3 is 12.2 Å². The molecule has 6 rings (SSSR count). The molecule has 65 heavy (non-hydrogen) atoms. The molecule has 1 atom stereocenters. The molecule has 1 aliphatic rings. The molecule has 1 aliphatic carbocycles. The molecule has 0 aliphatic heterocycles. The lowest BCUT2D eigenvalue weighted by Crippen LogP contribution is -2.47. The fourth-order valence-corrected chi connectivity index (χ4v) is 9.44. The van der Waals surface area contributed by atoms with Gasteiger partial charge in [-0.3, -0.25) is 9.69 Å². The van der Waals surface area contributed by atoms with E-state index in [9.17, 15) is 24.6 Å². The lowest BCUT2D eigenvalue weighted by molar-refractivity contribution is 0.0490. The quantitative estimate of drug-likeness (QED) is 0.0451. The summed E-state index contributed by atoms with van der Waals surface area (Å²) in [7, 11) is -2.21. The first-order valence-electron chi connectivity index (χ1n) is 22.9. The highest BCUT2D eigenvalue weighted by molar-refractivity contribution is 6.74. The van der Waals surface area contributed by atoms with Crippen molar-refractivity contribution in [3.63, 3.8) is 0 Å². The minimum Gasteiger partial charge on any atom is -0.506 e. The van der Waals surface area contributed by atoms with Crippen LogP contribution in [0, 0.1) is 0 Å². The first-order chi connectivity index (χ1) is 30.8. The standard InChI is InChI=1S/C52H68N4O8Si/c1-51(2,3)63-49(59)54-38-20-22-39(23-21-38)56(50(60)61)44-28-19-35(32-43(44)37-15-10-9-11-16-37)14-12-13-31-62-40-24-17-36(18-25-40)33-53-34-46(64-65(7,8)52(4,5)6)41-26-29-45(57)48-42(41)27-30-47(58)55-48/h9-11,15-19,24-30,32,38-39,46,53,57H,12-14,20-23,31,33-34H2,1-8H3,(H,54,59)(H,55,58)(H,60,61)/t38?,39?,46-/m1/s1. The Hall–Kier alpha value is -5.63. The topological polar surface area (TPSA) is 162 Å².